The van der Waals surface area contributed by atoms with Crippen LogP contribution in [0.4, 0.5) is 0 Å². The molecule has 0 saturated carbocycles. The number of carboxylic acids is 1. The minimum Gasteiger partial charge on any atom is -0.481 e. The van der Waals surface area contributed by atoms with Crippen LogP contribution in [0.15, 0.2) is 0 Å². The van der Waals surface area contributed by atoms with E-state index in [1.807, 2.05) is 11.8 Å². The van der Waals surface area contributed by atoms with Gasteiger partial charge in [-0.1, -0.05) is 0 Å². The first kappa shape index (κ1) is 12.3. The van der Waals surface area contributed by atoms with Crippen LogP contribution < -0.4 is 0 Å². The second-order valence-electron chi connectivity index (χ2n) is 4.89. The summed E-state index contributed by atoms with van der Waals surface area (Å²) in [6.45, 7) is 3.67. The zero-order valence-corrected chi connectivity index (χ0v) is 10.8. The normalized spacial score (nSPS) is 20.7. The van der Waals surface area contributed by atoms with Crippen molar-refractivity contribution in [3.8, 4) is 0 Å². The van der Waals surface area contributed by atoms with E-state index in [0.29, 0.717) is 11.8 Å². The number of carboxylic acid groups (broad SMARTS) is 1. The highest BCUT2D eigenvalue weighted by Gasteiger charge is 2.31. The molecule has 1 fully saturated rings. The number of hydrogen-bond acceptors (Lipinski definition) is 5. The van der Waals surface area contributed by atoms with E-state index in [4.69, 9.17) is 5.11 Å². The molecular weight excluding hydrogens is 240 g/mol. The van der Waals surface area contributed by atoms with E-state index in [9.17, 15) is 4.79 Å². The van der Waals surface area contributed by atoms with Crippen molar-refractivity contribution in [3.05, 3.63) is 5.82 Å². The molecule has 0 radical (unpaired) electrons. The van der Waals surface area contributed by atoms with Crippen molar-refractivity contribution in [2.45, 2.75) is 38.5 Å². The molecule has 7 heteroatoms. The van der Waals surface area contributed by atoms with Crippen molar-refractivity contribution in [2.75, 3.05) is 5.75 Å². The third-order valence-electron chi connectivity index (χ3n) is 2.90. The standard InChI is InChI=1S/C10H16N4O2S/c1-10(2,9(15)16)6-14-8(11-12-13-14)7-4-3-5-17-7/h7H,3-6H2,1-2H3,(H,15,16). The zero-order valence-electron chi connectivity index (χ0n) is 9.96. The highest BCUT2D eigenvalue weighted by atomic mass is 32.2. The van der Waals surface area contributed by atoms with Gasteiger partial charge in [-0.2, -0.15) is 11.8 Å². The summed E-state index contributed by atoms with van der Waals surface area (Å²) < 4.78 is 1.64. The second kappa shape index (κ2) is 4.64. The molecule has 2 rings (SSSR count). The fourth-order valence-electron chi connectivity index (χ4n) is 1.78. The summed E-state index contributed by atoms with van der Waals surface area (Å²) >= 11 is 1.84. The summed E-state index contributed by atoms with van der Waals surface area (Å²) in [7, 11) is 0. The first-order valence-corrected chi connectivity index (χ1v) is 6.66. The van der Waals surface area contributed by atoms with Gasteiger partial charge in [-0.3, -0.25) is 4.79 Å². The molecule has 94 valence electrons. The lowest BCUT2D eigenvalue weighted by Crippen LogP contribution is -2.30. The maximum Gasteiger partial charge on any atom is 0.310 e. The Labute approximate surface area is 104 Å². The van der Waals surface area contributed by atoms with E-state index in [0.717, 1.165) is 18.0 Å². The number of nitrogens with zero attached hydrogens (tertiary/aromatic N) is 4. The van der Waals surface area contributed by atoms with E-state index in [2.05, 4.69) is 15.5 Å². The summed E-state index contributed by atoms with van der Waals surface area (Å²) in [6, 6.07) is 0. The zero-order chi connectivity index (χ0) is 12.5. The molecule has 1 saturated heterocycles. The third kappa shape index (κ3) is 2.59. The van der Waals surface area contributed by atoms with Gasteiger partial charge < -0.3 is 5.11 Å². The van der Waals surface area contributed by atoms with Crippen LogP contribution in [0.1, 0.15) is 37.8 Å². The largest absolute Gasteiger partial charge is 0.481 e. The van der Waals surface area contributed by atoms with Gasteiger partial charge in [0, 0.05) is 0 Å². The van der Waals surface area contributed by atoms with Crippen LogP contribution in [0, 0.1) is 5.41 Å². The molecule has 1 aliphatic heterocycles. The van der Waals surface area contributed by atoms with E-state index >= 15 is 0 Å². The van der Waals surface area contributed by atoms with Crippen LogP contribution >= 0.6 is 11.8 Å². The lowest BCUT2D eigenvalue weighted by atomic mass is 9.94. The van der Waals surface area contributed by atoms with Gasteiger partial charge >= 0.3 is 5.97 Å². The molecule has 2 heterocycles. The Kier molecular flexibility index (Phi) is 3.37. The minimum atomic E-state index is -0.854. The topological polar surface area (TPSA) is 80.9 Å². The Balaban J connectivity index is 2.16. The molecular formula is C10H16N4O2S. The van der Waals surface area contributed by atoms with Gasteiger partial charge in [-0.25, -0.2) is 4.68 Å². The number of tetrazole rings is 1. The monoisotopic (exact) mass is 256 g/mol. The molecule has 6 nitrogen and oxygen atoms in total. The summed E-state index contributed by atoms with van der Waals surface area (Å²) in [5, 5.41) is 21.0. The van der Waals surface area contributed by atoms with Gasteiger partial charge in [0.05, 0.1) is 17.2 Å². The van der Waals surface area contributed by atoms with Gasteiger partial charge in [-0.15, -0.1) is 5.10 Å². The average molecular weight is 256 g/mol. The SMILES string of the molecule is CC(C)(Cn1nnnc1C1CCCS1)C(=O)O. The molecule has 1 atom stereocenters. The van der Waals surface area contributed by atoms with Gasteiger partial charge in [0.2, 0.25) is 0 Å². The molecule has 1 aromatic rings. The van der Waals surface area contributed by atoms with Crippen LogP contribution in [0.3, 0.4) is 0 Å². The maximum absolute atomic E-state index is 11.1. The summed E-state index contributed by atoms with van der Waals surface area (Å²) in [5.41, 5.74) is -0.854. The molecule has 0 bridgehead atoms. The molecule has 0 aliphatic carbocycles. The first-order valence-electron chi connectivity index (χ1n) is 5.62. The van der Waals surface area contributed by atoms with Crippen LogP contribution in [-0.4, -0.2) is 37.0 Å². The van der Waals surface area contributed by atoms with Crippen molar-refractivity contribution in [3.63, 3.8) is 0 Å². The van der Waals surface area contributed by atoms with E-state index < -0.39 is 11.4 Å². The fourth-order valence-corrected chi connectivity index (χ4v) is 3.05. The molecule has 17 heavy (non-hydrogen) atoms. The number of aromatic nitrogens is 4. The Morgan fingerprint density at radius 1 is 1.65 bits per heavy atom. The summed E-state index contributed by atoms with van der Waals surface area (Å²) in [6.07, 6.45) is 2.24. The van der Waals surface area contributed by atoms with Crippen LogP contribution in [0.25, 0.3) is 0 Å². The summed E-state index contributed by atoms with van der Waals surface area (Å²) in [5.74, 6) is 1.10. The highest BCUT2D eigenvalue weighted by Crippen LogP contribution is 2.38. The Morgan fingerprint density at radius 3 is 3.00 bits per heavy atom. The number of carbonyl (C=O) groups is 1. The molecule has 1 aromatic heterocycles. The van der Waals surface area contributed by atoms with Crippen LogP contribution in [-0.2, 0) is 11.3 Å². The fraction of sp³-hybridized carbons (Fsp3) is 0.800. The quantitative estimate of drug-likeness (QED) is 0.875. The predicted octanol–water partition coefficient (Wildman–Crippen LogP) is 1.35. The van der Waals surface area contributed by atoms with Crippen molar-refractivity contribution in [1.82, 2.24) is 20.2 Å². The minimum absolute atomic E-state index is 0.307. The molecule has 0 spiro atoms. The van der Waals surface area contributed by atoms with Crippen LogP contribution in [0.2, 0.25) is 0 Å². The van der Waals surface area contributed by atoms with Crippen molar-refractivity contribution in [2.24, 2.45) is 5.41 Å². The summed E-state index contributed by atoms with van der Waals surface area (Å²) in [4.78, 5) is 11.1. The van der Waals surface area contributed by atoms with E-state index in [1.165, 1.54) is 6.42 Å². The lowest BCUT2D eigenvalue weighted by molar-refractivity contribution is -0.147. The molecule has 1 aliphatic rings. The highest BCUT2D eigenvalue weighted by molar-refractivity contribution is 7.99. The van der Waals surface area contributed by atoms with Gasteiger partial charge in [0.25, 0.3) is 0 Å². The number of aliphatic carboxylic acids is 1. The Bertz CT molecular complexity index is 412. The van der Waals surface area contributed by atoms with Crippen LogP contribution in [0.5, 0.6) is 0 Å². The molecule has 1 N–H and O–H groups in total. The molecule has 0 amide bonds. The Hall–Kier alpha value is -1.11. The third-order valence-corrected chi connectivity index (χ3v) is 4.27. The van der Waals surface area contributed by atoms with E-state index in [-0.39, 0.29) is 0 Å². The van der Waals surface area contributed by atoms with Gasteiger partial charge in [0.1, 0.15) is 0 Å². The molecule has 0 aromatic carbocycles. The van der Waals surface area contributed by atoms with Crippen molar-refractivity contribution >= 4 is 17.7 Å². The smallest absolute Gasteiger partial charge is 0.310 e. The number of hydrogen-bond donors (Lipinski definition) is 1. The molecule has 1 unspecified atom stereocenters. The Morgan fingerprint density at radius 2 is 2.41 bits per heavy atom. The van der Waals surface area contributed by atoms with Gasteiger partial charge in [-0.05, 0) is 42.9 Å². The van der Waals surface area contributed by atoms with Crippen molar-refractivity contribution in [1.29, 1.82) is 0 Å². The average Bonchev–Trinajstić information content (AvgIpc) is 2.85. The number of thioether (sulfide) groups is 1. The lowest BCUT2D eigenvalue weighted by Gasteiger charge is -2.20. The maximum atomic E-state index is 11.1. The predicted molar refractivity (Wildman–Crippen MR) is 63.7 cm³/mol. The van der Waals surface area contributed by atoms with Crippen molar-refractivity contribution < 1.29 is 9.90 Å². The second-order valence-corrected chi connectivity index (χ2v) is 6.20. The van der Waals surface area contributed by atoms with Gasteiger partial charge in [0.15, 0.2) is 5.82 Å². The first-order chi connectivity index (χ1) is 8.00. The number of rotatable bonds is 4. The van der Waals surface area contributed by atoms with E-state index in [1.54, 1.807) is 18.5 Å².